The SMILES string of the molecule is CN(Cc1ccccc1)CC1OCC(NC(=O)C(CC2CCC3(CCCC3)CC2)N=C(NC(=O)OCC(C)(C)C)c2ccccc2)C1=O. The zero-order valence-corrected chi connectivity index (χ0v) is 29.2. The summed E-state index contributed by atoms with van der Waals surface area (Å²) in [6.07, 6.45) is 9.05. The average molecular weight is 659 g/mol. The first-order valence-corrected chi connectivity index (χ1v) is 17.7. The molecule has 1 saturated heterocycles. The number of Topliss-reactive ketones (excluding diaryl/α,β-unsaturated/α-hetero) is 1. The molecular weight excluding hydrogens is 604 g/mol. The molecular formula is C39H54N4O5. The van der Waals surface area contributed by atoms with Crippen molar-refractivity contribution in [3.63, 3.8) is 0 Å². The molecule has 2 N–H and O–H groups in total. The summed E-state index contributed by atoms with van der Waals surface area (Å²) in [6.45, 7) is 7.47. The van der Waals surface area contributed by atoms with E-state index in [-0.39, 0.29) is 36.2 Å². The molecule has 3 aliphatic rings. The number of rotatable bonds is 11. The van der Waals surface area contributed by atoms with E-state index in [1.54, 1.807) is 0 Å². The zero-order valence-electron chi connectivity index (χ0n) is 29.2. The predicted molar refractivity (Wildman–Crippen MR) is 188 cm³/mol. The van der Waals surface area contributed by atoms with Crippen LogP contribution in [0.5, 0.6) is 0 Å². The molecule has 260 valence electrons. The average Bonchev–Trinajstić information content (AvgIpc) is 3.66. The van der Waals surface area contributed by atoms with Gasteiger partial charge < -0.3 is 14.8 Å². The summed E-state index contributed by atoms with van der Waals surface area (Å²) in [7, 11) is 1.96. The quantitative estimate of drug-likeness (QED) is 0.217. The van der Waals surface area contributed by atoms with Crippen LogP contribution in [0.4, 0.5) is 4.79 Å². The topological polar surface area (TPSA) is 109 Å². The normalized spacial score (nSPS) is 22.2. The highest BCUT2D eigenvalue weighted by Gasteiger charge is 2.40. The Balaban J connectivity index is 1.30. The number of amides is 2. The first kappa shape index (κ1) is 35.7. The summed E-state index contributed by atoms with van der Waals surface area (Å²) in [5.41, 5.74) is 2.11. The van der Waals surface area contributed by atoms with Crippen molar-refractivity contribution in [2.24, 2.45) is 21.7 Å². The van der Waals surface area contributed by atoms with Crippen molar-refractivity contribution < 1.29 is 23.9 Å². The van der Waals surface area contributed by atoms with Crippen molar-refractivity contribution in [1.29, 1.82) is 0 Å². The number of alkyl carbamates (subject to hydrolysis) is 1. The molecule has 9 nitrogen and oxygen atoms in total. The van der Waals surface area contributed by atoms with Gasteiger partial charge in [-0.1, -0.05) is 94.3 Å². The van der Waals surface area contributed by atoms with E-state index in [9.17, 15) is 14.4 Å². The largest absolute Gasteiger partial charge is 0.449 e. The molecule has 0 aromatic heterocycles. The molecule has 2 aliphatic carbocycles. The number of nitrogens with zero attached hydrogens (tertiary/aromatic N) is 2. The van der Waals surface area contributed by atoms with Crippen LogP contribution in [-0.4, -0.2) is 73.5 Å². The van der Waals surface area contributed by atoms with Gasteiger partial charge >= 0.3 is 6.09 Å². The highest BCUT2D eigenvalue weighted by atomic mass is 16.5. The van der Waals surface area contributed by atoms with Crippen LogP contribution in [0.1, 0.15) is 89.7 Å². The number of benzene rings is 2. The second-order valence-electron chi connectivity index (χ2n) is 15.5. The second kappa shape index (κ2) is 16.2. The van der Waals surface area contributed by atoms with E-state index in [4.69, 9.17) is 14.5 Å². The summed E-state index contributed by atoms with van der Waals surface area (Å²) in [6, 6.07) is 17.9. The number of carbonyl (C=O) groups is 3. The Kier molecular flexibility index (Phi) is 12.1. The minimum atomic E-state index is -0.793. The highest BCUT2D eigenvalue weighted by Crippen LogP contribution is 2.51. The number of carbonyl (C=O) groups excluding carboxylic acids is 3. The van der Waals surface area contributed by atoms with Crippen LogP contribution < -0.4 is 10.6 Å². The zero-order chi connectivity index (χ0) is 34.1. The molecule has 5 rings (SSSR count). The van der Waals surface area contributed by atoms with E-state index in [1.165, 1.54) is 38.5 Å². The van der Waals surface area contributed by atoms with Crippen LogP contribution in [0.3, 0.4) is 0 Å². The van der Waals surface area contributed by atoms with Crippen LogP contribution in [0, 0.1) is 16.7 Å². The van der Waals surface area contributed by atoms with Gasteiger partial charge in [-0.25, -0.2) is 4.79 Å². The molecule has 1 heterocycles. The van der Waals surface area contributed by atoms with Crippen molar-refractivity contribution in [1.82, 2.24) is 15.5 Å². The molecule has 1 aliphatic heterocycles. The summed E-state index contributed by atoms with van der Waals surface area (Å²) in [4.78, 5) is 47.4. The molecule has 48 heavy (non-hydrogen) atoms. The number of hydrogen-bond acceptors (Lipinski definition) is 7. The van der Waals surface area contributed by atoms with E-state index >= 15 is 0 Å². The van der Waals surface area contributed by atoms with E-state index in [0.29, 0.717) is 36.4 Å². The Bertz CT molecular complexity index is 1390. The van der Waals surface area contributed by atoms with Crippen molar-refractivity contribution in [2.45, 2.75) is 103 Å². The van der Waals surface area contributed by atoms with Gasteiger partial charge in [0.1, 0.15) is 24.0 Å². The number of amidine groups is 1. The first-order chi connectivity index (χ1) is 23.0. The lowest BCUT2D eigenvalue weighted by Crippen LogP contribution is -2.47. The Morgan fingerprint density at radius 2 is 1.65 bits per heavy atom. The van der Waals surface area contributed by atoms with Crippen molar-refractivity contribution >= 4 is 23.6 Å². The smallest absolute Gasteiger partial charge is 0.412 e. The van der Waals surface area contributed by atoms with Gasteiger partial charge in [0.05, 0.1) is 13.2 Å². The number of aliphatic imine (C=N–C) groups is 1. The number of ketones is 1. The van der Waals surface area contributed by atoms with Crippen LogP contribution >= 0.6 is 0 Å². The summed E-state index contributed by atoms with van der Waals surface area (Å²) in [5, 5.41) is 5.82. The van der Waals surface area contributed by atoms with E-state index < -0.39 is 24.3 Å². The molecule has 0 radical (unpaired) electrons. The van der Waals surface area contributed by atoms with Gasteiger partial charge in [0, 0.05) is 18.7 Å². The molecule has 0 bridgehead atoms. The monoisotopic (exact) mass is 658 g/mol. The molecule has 2 saturated carbocycles. The van der Waals surface area contributed by atoms with Gasteiger partial charge in [0.15, 0.2) is 5.78 Å². The predicted octanol–water partition coefficient (Wildman–Crippen LogP) is 6.30. The Labute approximate surface area is 286 Å². The fourth-order valence-electron chi connectivity index (χ4n) is 7.40. The minimum absolute atomic E-state index is 0.125. The van der Waals surface area contributed by atoms with Crippen LogP contribution in [0.15, 0.2) is 65.7 Å². The lowest BCUT2D eigenvalue weighted by Gasteiger charge is -2.38. The fraction of sp³-hybridized carbons (Fsp3) is 0.590. The fourth-order valence-corrected chi connectivity index (χ4v) is 7.40. The van der Waals surface area contributed by atoms with E-state index in [1.807, 2.05) is 76.3 Å². The lowest BCUT2D eigenvalue weighted by atomic mass is 9.68. The number of nitrogens with one attached hydrogen (secondary N) is 2. The third-order valence-electron chi connectivity index (χ3n) is 10.1. The van der Waals surface area contributed by atoms with Gasteiger partial charge in [0.2, 0.25) is 5.91 Å². The van der Waals surface area contributed by atoms with E-state index in [2.05, 4.69) is 27.7 Å². The molecule has 2 aromatic rings. The maximum atomic E-state index is 14.1. The maximum absolute atomic E-state index is 14.1. The first-order valence-electron chi connectivity index (χ1n) is 17.7. The number of ether oxygens (including phenoxy) is 2. The number of likely N-dealkylation sites (N-methyl/N-ethyl adjacent to an activating group) is 1. The van der Waals surface area contributed by atoms with Gasteiger partial charge in [-0.15, -0.1) is 0 Å². The molecule has 9 heteroatoms. The molecule has 2 aromatic carbocycles. The molecule has 3 atom stereocenters. The maximum Gasteiger partial charge on any atom is 0.412 e. The Hall–Kier alpha value is -3.56. The van der Waals surface area contributed by atoms with Gasteiger partial charge in [-0.05, 0) is 74.3 Å². The Morgan fingerprint density at radius 3 is 2.29 bits per heavy atom. The number of hydrogen-bond donors (Lipinski definition) is 2. The summed E-state index contributed by atoms with van der Waals surface area (Å²) >= 11 is 0. The van der Waals surface area contributed by atoms with Gasteiger partial charge in [0.25, 0.3) is 0 Å². The molecule has 2 amide bonds. The van der Waals surface area contributed by atoms with E-state index in [0.717, 1.165) is 18.4 Å². The summed E-state index contributed by atoms with van der Waals surface area (Å²) in [5.74, 6) is 0.163. The third-order valence-corrected chi connectivity index (χ3v) is 10.1. The molecule has 3 unspecified atom stereocenters. The van der Waals surface area contributed by atoms with Crippen molar-refractivity contribution in [3.8, 4) is 0 Å². The van der Waals surface area contributed by atoms with Crippen LogP contribution in [0.25, 0.3) is 0 Å². The minimum Gasteiger partial charge on any atom is -0.449 e. The van der Waals surface area contributed by atoms with Crippen molar-refractivity contribution in [2.75, 3.05) is 26.8 Å². The van der Waals surface area contributed by atoms with Gasteiger partial charge in [-0.2, -0.15) is 0 Å². The molecule has 1 spiro atoms. The molecule has 3 fully saturated rings. The second-order valence-corrected chi connectivity index (χ2v) is 15.5. The highest BCUT2D eigenvalue weighted by molar-refractivity contribution is 6.07. The van der Waals surface area contributed by atoms with Crippen molar-refractivity contribution in [3.05, 3.63) is 71.8 Å². The summed E-state index contributed by atoms with van der Waals surface area (Å²) < 4.78 is 11.4. The Morgan fingerprint density at radius 1 is 1.00 bits per heavy atom. The lowest BCUT2D eigenvalue weighted by molar-refractivity contribution is -0.128. The third kappa shape index (κ3) is 10.2. The van der Waals surface area contributed by atoms with Crippen LogP contribution in [0.2, 0.25) is 0 Å². The van der Waals surface area contributed by atoms with Gasteiger partial charge in [-0.3, -0.25) is 24.8 Å². The standard InChI is InChI=1S/C39H54N4O5/c1-38(2,3)27-48-37(46)42-35(30-15-9-6-10-16-30)40-31(23-28-17-21-39(22-18-28)19-11-12-20-39)36(45)41-32-26-47-33(34(32)44)25-43(4)24-29-13-7-5-8-14-29/h5-10,13-16,28,31-33H,11-12,17-27H2,1-4H3,(H,41,45)(H,40,42,46). The van der Waals surface area contributed by atoms with Crippen LogP contribution in [-0.2, 0) is 25.6 Å².